The number of aryl methyl sites for hydroxylation is 1. The predicted octanol–water partition coefficient (Wildman–Crippen LogP) is 3.54. The van der Waals surface area contributed by atoms with E-state index in [2.05, 4.69) is 5.32 Å². The van der Waals surface area contributed by atoms with E-state index in [1.54, 1.807) is 38.5 Å². The van der Waals surface area contributed by atoms with Crippen LogP contribution < -0.4 is 23.8 Å². The molecule has 1 aliphatic rings. The molecule has 4 rings (SSSR count). The Morgan fingerprint density at radius 2 is 1.71 bits per heavy atom. The number of methoxy groups -OCH3 is 2. The van der Waals surface area contributed by atoms with Crippen LogP contribution >= 0.6 is 0 Å². The Hall–Kier alpha value is -3.72. The largest absolute Gasteiger partial charge is 0.493 e. The summed E-state index contributed by atoms with van der Waals surface area (Å²) in [7, 11) is -0.582. The summed E-state index contributed by atoms with van der Waals surface area (Å²) < 4.78 is 44.0. The molecular weight excluding hydrogens is 468 g/mol. The van der Waals surface area contributed by atoms with Crippen molar-refractivity contribution in [2.24, 2.45) is 0 Å². The molecule has 0 aromatic heterocycles. The fraction of sp³-hybridized carbons (Fsp3) is 0.269. The zero-order valence-electron chi connectivity index (χ0n) is 19.7. The number of nitrogens with one attached hydrogen (secondary N) is 1. The van der Waals surface area contributed by atoms with E-state index >= 15 is 0 Å². The minimum atomic E-state index is -3.69. The molecule has 184 valence electrons. The number of nitrogens with zero attached hydrogens (tertiary/aromatic N) is 1. The van der Waals surface area contributed by atoms with Crippen molar-refractivity contribution in [1.29, 1.82) is 0 Å². The van der Waals surface area contributed by atoms with E-state index in [4.69, 9.17) is 14.2 Å². The van der Waals surface area contributed by atoms with Gasteiger partial charge in [-0.15, -0.1) is 0 Å². The Morgan fingerprint density at radius 3 is 2.46 bits per heavy atom. The fourth-order valence-electron chi connectivity index (χ4n) is 3.97. The lowest BCUT2D eigenvalue weighted by Gasteiger charge is -2.30. The van der Waals surface area contributed by atoms with Crippen molar-refractivity contribution >= 4 is 21.6 Å². The lowest BCUT2D eigenvalue weighted by atomic mass is 10.0. The van der Waals surface area contributed by atoms with Gasteiger partial charge in [-0.1, -0.05) is 24.3 Å². The highest BCUT2D eigenvalue weighted by molar-refractivity contribution is 7.92. The summed E-state index contributed by atoms with van der Waals surface area (Å²) in [5.41, 5.74) is 2.61. The number of hydrogen-bond acceptors (Lipinski definition) is 6. The van der Waals surface area contributed by atoms with Crippen molar-refractivity contribution in [3.8, 4) is 17.2 Å². The summed E-state index contributed by atoms with van der Waals surface area (Å²) in [6.07, 6.45) is 1.64. The van der Waals surface area contributed by atoms with Gasteiger partial charge in [-0.25, -0.2) is 8.42 Å². The molecule has 0 fully saturated rings. The van der Waals surface area contributed by atoms with Crippen molar-refractivity contribution in [1.82, 2.24) is 5.32 Å². The minimum absolute atomic E-state index is 0.180. The van der Waals surface area contributed by atoms with Gasteiger partial charge in [0.2, 0.25) is 0 Å². The van der Waals surface area contributed by atoms with Crippen LogP contribution in [0.1, 0.15) is 17.5 Å². The molecule has 9 heteroatoms. The molecule has 0 spiro atoms. The molecule has 0 unspecified atom stereocenters. The standard InChI is InChI=1S/C26H28N2O6S/c1-32-24-14-9-19(16-25(24)33-2)17-27-26(29)18-34-21-10-12-22(13-11-21)35(30,31)28-15-5-7-20-6-3-4-8-23(20)28/h3-4,6,8-14,16H,5,7,15,17-18H2,1-2H3,(H,27,29). The lowest BCUT2D eigenvalue weighted by molar-refractivity contribution is -0.123. The molecule has 0 saturated heterocycles. The van der Waals surface area contributed by atoms with Crippen LogP contribution in [0.15, 0.2) is 71.6 Å². The summed E-state index contributed by atoms with van der Waals surface area (Å²) in [5, 5.41) is 2.78. The molecule has 3 aromatic rings. The first-order valence-corrected chi connectivity index (χ1v) is 12.7. The van der Waals surface area contributed by atoms with E-state index in [-0.39, 0.29) is 17.4 Å². The zero-order valence-corrected chi connectivity index (χ0v) is 20.5. The number of para-hydroxylation sites is 1. The van der Waals surface area contributed by atoms with Gasteiger partial charge in [0.05, 0.1) is 24.8 Å². The van der Waals surface area contributed by atoms with E-state index in [1.807, 2.05) is 30.3 Å². The molecule has 0 radical (unpaired) electrons. The van der Waals surface area contributed by atoms with Crippen molar-refractivity contribution in [3.05, 3.63) is 77.9 Å². The maximum absolute atomic E-state index is 13.2. The third-order valence-electron chi connectivity index (χ3n) is 5.79. The predicted molar refractivity (Wildman–Crippen MR) is 133 cm³/mol. The van der Waals surface area contributed by atoms with Crippen LogP contribution in [0, 0.1) is 0 Å². The Balaban J connectivity index is 1.34. The summed E-state index contributed by atoms with van der Waals surface area (Å²) in [4.78, 5) is 12.4. The summed E-state index contributed by atoms with van der Waals surface area (Å²) in [6, 6.07) is 19.1. The number of ether oxygens (including phenoxy) is 3. The highest BCUT2D eigenvalue weighted by atomic mass is 32.2. The van der Waals surface area contributed by atoms with Crippen LogP contribution in [-0.4, -0.2) is 41.7 Å². The number of amides is 1. The fourth-order valence-corrected chi connectivity index (χ4v) is 5.52. The second-order valence-corrected chi connectivity index (χ2v) is 9.90. The number of anilines is 1. The molecule has 1 N–H and O–H groups in total. The number of benzene rings is 3. The van der Waals surface area contributed by atoms with Gasteiger partial charge in [-0.3, -0.25) is 9.10 Å². The molecule has 0 atom stereocenters. The Bertz CT molecular complexity index is 1290. The Labute approximate surface area is 205 Å². The highest BCUT2D eigenvalue weighted by Gasteiger charge is 2.28. The monoisotopic (exact) mass is 496 g/mol. The van der Waals surface area contributed by atoms with Gasteiger partial charge in [0.25, 0.3) is 15.9 Å². The molecule has 0 saturated carbocycles. The first-order valence-electron chi connectivity index (χ1n) is 11.2. The normalized spacial score (nSPS) is 13.0. The van der Waals surface area contributed by atoms with Gasteiger partial charge in [0.1, 0.15) is 5.75 Å². The third-order valence-corrected chi connectivity index (χ3v) is 7.61. The average Bonchev–Trinajstić information content (AvgIpc) is 2.90. The van der Waals surface area contributed by atoms with Crippen LogP contribution in [-0.2, 0) is 27.8 Å². The molecule has 0 bridgehead atoms. The number of carbonyl (C=O) groups is 1. The molecule has 35 heavy (non-hydrogen) atoms. The molecule has 1 aliphatic heterocycles. The van der Waals surface area contributed by atoms with Gasteiger partial charge in [-0.05, 0) is 66.4 Å². The van der Waals surface area contributed by atoms with E-state index < -0.39 is 10.0 Å². The summed E-state index contributed by atoms with van der Waals surface area (Å²) >= 11 is 0. The molecule has 3 aromatic carbocycles. The summed E-state index contributed by atoms with van der Waals surface area (Å²) in [6.45, 7) is 0.549. The number of hydrogen-bond donors (Lipinski definition) is 1. The SMILES string of the molecule is COc1ccc(CNC(=O)COc2ccc(S(=O)(=O)N3CCCc4ccccc43)cc2)cc1OC. The minimum Gasteiger partial charge on any atom is -0.493 e. The van der Waals surface area contributed by atoms with Crippen LogP contribution in [0.2, 0.25) is 0 Å². The maximum Gasteiger partial charge on any atom is 0.264 e. The second-order valence-electron chi connectivity index (χ2n) is 8.04. The number of carbonyl (C=O) groups excluding carboxylic acids is 1. The third kappa shape index (κ3) is 5.51. The smallest absolute Gasteiger partial charge is 0.264 e. The molecule has 1 amide bonds. The van der Waals surface area contributed by atoms with Gasteiger partial charge >= 0.3 is 0 Å². The van der Waals surface area contributed by atoms with E-state index in [0.717, 1.165) is 29.7 Å². The molecular formula is C26H28N2O6S. The van der Waals surface area contributed by atoms with Crippen LogP contribution in [0.3, 0.4) is 0 Å². The quantitative estimate of drug-likeness (QED) is 0.487. The molecule has 1 heterocycles. The van der Waals surface area contributed by atoms with Crippen molar-refractivity contribution in [2.75, 3.05) is 31.7 Å². The van der Waals surface area contributed by atoms with Crippen LogP contribution in [0.4, 0.5) is 5.69 Å². The van der Waals surface area contributed by atoms with Gasteiger partial charge in [0.15, 0.2) is 18.1 Å². The van der Waals surface area contributed by atoms with Crippen LogP contribution in [0.5, 0.6) is 17.2 Å². The number of sulfonamides is 1. The molecule has 0 aliphatic carbocycles. The van der Waals surface area contributed by atoms with Gasteiger partial charge in [-0.2, -0.15) is 0 Å². The Kier molecular flexibility index (Phi) is 7.45. The van der Waals surface area contributed by atoms with E-state index in [1.165, 1.54) is 16.4 Å². The summed E-state index contributed by atoms with van der Waals surface area (Å²) in [5.74, 6) is 1.30. The van der Waals surface area contributed by atoms with E-state index in [9.17, 15) is 13.2 Å². The zero-order chi connectivity index (χ0) is 24.8. The van der Waals surface area contributed by atoms with Gasteiger partial charge < -0.3 is 19.5 Å². The van der Waals surface area contributed by atoms with Gasteiger partial charge in [0, 0.05) is 13.1 Å². The van der Waals surface area contributed by atoms with Crippen molar-refractivity contribution < 1.29 is 27.4 Å². The topological polar surface area (TPSA) is 94.2 Å². The first-order chi connectivity index (χ1) is 16.9. The first kappa shape index (κ1) is 24.4. The number of fused-ring (bicyclic) bond motifs is 1. The maximum atomic E-state index is 13.2. The van der Waals surface area contributed by atoms with Crippen LogP contribution in [0.25, 0.3) is 0 Å². The second kappa shape index (κ2) is 10.7. The Morgan fingerprint density at radius 1 is 0.971 bits per heavy atom. The lowest BCUT2D eigenvalue weighted by Crippen LogP contribution is -2.35. The molecule has 8 nitrogen and oxygen atoms in total. The van der Waals surface area contributed by atoms with E-state index in [0.29, 0.717) is 30.3 Å². The number of rotatable bonds is 9. The average molecular weight is 497 g/mol. The highest BCUT2D eigenvalue weighted by Crippen LogP contribution is 2.32. The van der Waals surface area contributed by atoms with Crippen molar-refractivity contribution in [2.45, 2.75) is 24.3 Å². The van der Waals surface area contributed by atoms with Crippen molar-refractivity contribution in [3.63, 3.8) is 0 Å².